The van der Waals surface area contributed by atoms with Gasteiger partial charge in [-0.05, 0) is 56.2 Å². The number of piperidine rings is 1. The van der Waals surface area contributed by atoms with Crippen LogP contribution < -0.4 is 9.47 Å². The average molecular weight is 450 g/mol. The molecular formula is C26H31N3O4. The van der Waals surface area contributed by atoms with Crippen molar-refractivity contribution < 1.29 is 19.1 Å². The first kappa shape index (κ1) is 22.9. The molecule has 2 aromatic rings. The van der Waals surface area contributed by atoms with Gasteiger partial charge in [-0.3, -0.25) is 14.5 Å². The van der Waals surface area contributed by atoms with Gasteiger partial charge in [-0.2, -0.15) is 0 Å². The molecule has 0 saturated carbocycles. The fraction of sp³-hybridized carbons (Fsp3) is 0.385. The standard InChI is InChI=1S/C26H31N3O4/c1-27-14-12-20(13-15-27)28(2)24-23(19-8-6-5-7-9-19)25(30)29(26(24)31)17-18-10-11-21(32-3)22(16-18)33-4/h5-11,16,20H,12-15,17H2,1-4H3. The summed E-state index contributed by atoms with van der Waals surface area (Å²) in [5.74, 6) is 0.644. The maximum absolute atomic E-state index is 13.7. The molecular weight excluding hydrogens is 418 g/mol. The lowest BCUT2D eigenvalue weighted by molar-refractivity contribution is -0.138. The van der Waals surface area contributed by atoms with E-state index in [0.717, 1.165) is 37.1 Å². The highest BCUT2D eigenvalue weighted by molar-refractivity contribution is 6.35. The van der Waals surface area contributed by atoms with Crippen molar-refractivity contribution in [2.75, 3.05) is 41.4 Å². The molecule has 1 saturated heterocycles. The predicted molar refractivity (Wildman–Crippen MR) is 127 cm³/mol. The molecule has 0 unspecified atom stereocenters. The smallest absolute Gasteiger partial charge is 0.278 e. The third kappa shape index (κ3) is 4.46. The van der Waals surface area contributed by atoms with Crippen LogP contribution in [0.4, 0.5) is 0 Å². The lowest BCUT2D eigenvalue weighted by Gasteiger charge is -2.36. The quantitative estimate of drug-likeness (QED) is 0.606. The molecule has 0 radical (unpaired) electrons. The number of nitrogens with zero attached hydrogens (tertiary/aromatic N) is 3. The van der Waals surface area contributed by atoms with Gasteiger partial charge in [0.2, 0.25) is 0 Å². The summed E-state index contributed by atoms with van der Waals surface area (Å²) >= 11 is 0. The van der Waals surface area contributed by atoms with Crippen LogP contribution in [0.15, 0.2) is 54.2 Å². The molecule has 33 heavy (non-hydrogen) atoms. The van der Waals surface area contributed by atoms with Crippen LogP contribution in [-0.4, -0.2) is 74.0 Å². The number of benzene rings is 2. The number of carbonyl (C=O) groups is 2. The minimum absolute atomic E-state index is 0.166. The van der Waals surface area contributed by atoms with Crippen molar-refractivity contribution >= 4 is 17.4 Å². The van der Waals surface area contributed by atoms with Crippen LogP contribution in [0, 0.1) is 0 Å². The van der Waals surface area contributed by atoms with Gasteiger partial charge in [-0.15, -0.1) is 0 Å². The summed E-state index contributed by atoms with van der Waals surface area (Å²) in [5.41, 5.74) is 2.52. The van der Waals surface area contributed by atoms with Crippen molar-refractivity contribution in [3.63, 3.8) is 0 Å². The van der Waals surface area contributed by atoms with Crippen LogP contribution in [-0.2, 0) is 16.1 Å². The van der Waals surface area contributed by atoms with E-state index in [1.807, 2.05) is 48.3 Å². The second-order valence-corrected chi connectivity index (χ2v) is 8.62. The lowest BCUT2D eigenvalue weighted by atomic mass is 10.0. The van der Waals surface area contributed by atoms with Gasteiger partial charge in [0, 0.05) is 13.1 Å². The molecule has 4 rings (SSSR count). The Morgan fingerprint density at radius 2 is 1.61 bits per heavy atom. The van der Waals surface area contributed by atoms with Gasteiger partial charge in [0.15, 0.2) is 11.5 Å². The Morgan fingerprint density at radius 1 is 0.939 bits per heavy atom. The van der Waals surface area contributed by atoms with E-state index in [1.54, 1.807) is 26.4 Å². The van der Waals surface area contributed by atoms with Gasteiger partial charge >= 0.3 is 0 Å². The van der Waals surface area contributed by atoms with Gasteiger partial charge in [0.25, 0.3) is 11.8 Å². The second kappa shape index (κ2) is 9.67. The minimum Gasteiger partial charge on any atom is -0.493 e. The molecule has 0 spiro atoms. The number of amides is 2. The van der Waals surface area contributed by atoms with Crippen molar-refractivity contribution in [2.45, 2.75) is 25.4 Å². The molecule has 2 aliphatic rings. The fourth-order valence-electron chi connectivity index (χ4n) is 4.63. The Bertz CT molecular complexity index is 1060. The van der Waals surface area contributed by atoms with Crippen LogP contribution in [0.5, 0.6) is 11.5 Å². The van der Waals surface area contributed by atoms with E-state index >= 15 is 0 Å². The molecule has 1 fully saturated rings. The van der Waals surface area contributed by atoms with Crippen LogP contribution >= 0.6 is 0 Å². The number of imide groups is 1. The second-order valence-electron chi connectivity index (χ2n) is 8.62. The van der Waals surface area contributed by atoms with Crippen molar-refractivity contribution in [3.8, 4) is 11.5 Å². The maximum atomic E-state index is 13.7. The molecule has 174 valence electrons. The number of hydrogen-bond donors (Lipinski definition) is 0. The Morgan fingerprint density at radius 3 is 2.24 bits per heavy atom. The fourth-order valence-corrected chi connectivity index (χ4v) is 4.63. The van der Waals surface area contributed by atoms with Crippen molar-refractivity contribution in [3.05, 3.63) is 65.4 Å². The van der Waals surface area contributed by atoms with Crippen LogP contribution in [0.1, 0.15) is 24.0 Å². The molecule has 2 aromatic carbocycles. The Kier molecular flexibility index (Phi) is 6.70. The van der Waals surface area contributed by atoms with E-state index in [4.69, 9.17) is 9.47 Å². The average Bonchev–Trinajstić information content (AvgIpc) is 3.09. The molecule has 2 aliphatic heterocycles. The molecule has 7 nitrogen and oxygen atoms in total. The van der Waals surface area contributed by atoms with Gasteiger partial charge in [-0.25, -0.2) is 0 Å². The largest absolute Gasteiger partial charge is 0.493 e. The summed E-state index contributed by atoms with van der Waals surface area (Å²) < 4.78 is 10.7. The number of hydrogen-bond acceptors (Lipinski definition) is 6. The van der Waals surface area contributed by atoms with Gasteiger partial charge in [-0.1, -0.05) is 36.4 Å². The molecule has 0 N–H and O–H groups in total. The molecule has 2 amide bonds. The molecule has 2 heterocycles. The van der Waals surface area contributed by atoms with Gasteiger partial charge < -0.3 is 19.3 Å². The summed E-state index contributed by atoms with van der Waals surface area (Å²) in [6, 6.07) is 15.1. The van der Waals surface area contributed by atoms with E-state index in [1.165, 1.54) is 4.90 Å². The molecule has 7 heteroatoms. The monoisotopic (exact) mass is 449 g/mol. The third-order valence-corrected chi connectivity index (χ3v) is 6.58. The molecule has 0 bridgehead atoms. The number of carbonyl (C=O) groups excluding carboxylic acids is 2. The first-order chi connectivity index (χ1) is 15.9. The Balaban J connectivity index is 1.68. The van der Waals surface area contributed by atoms with Crippen LogP contribution in [0.2, 0.25) is 0 Å². The van der Waals surface area contributed by atoms with Crippen molar-refractivity contribution in [2.24, 2.45) is 0 Å². The van der Waals surface area contributed by atoms with E-state index in [2.05, 4.69) is 11.9 Å². The maximum Gasteiger partial charge on any atom is 0.278 e. The zero-order valence-corrected chi connectivity index (χ0v) is 19.7. The Labute approximate surface area is 195 Å². The number of likely N-dealkylation sites (N-methyl/N-ethyl adjacent to an activating group) is 1. The summed E-state index contributed by atoms with van der Waals surface area (Å²) in [5, 5.41) is 0. The van der Waals surface area contributed by atoms with E-state index in [9.17, 15) is 9.59 Å². The molecule has 0 aliphatic carbocycles. The topological polar surface area (TPSA) is 62.3 Å². The van der Waals surface area contributed by atoms with Gasteiger partial charge in [0.1, 0.15) is 5.70 Å². The van der Waals surface area contributed by atoms with E-state index < -0.39 is 0 Å². The summed E-state index contributed by atoms with van der Waals surface area (Å²) in [6.45, 7) is 2.11. The normalized spacial score (nSPS) is 17.6. The number of likely N-dealkylation sites (tertiary alicyclic amines) is 1. The lowest BCUT2D eigenvalue weighted by Crippen LogP contribution is -2.43. The number of ether oxygens (including phenoxy) is 2. The summed E-state index contributed by atoms with van der Waals surface area (Å²) in [6.07, 6.45) is 1.91. The van der Waals surface area contributed by atoms with Crippen molar-refractivity contribution in [1.29, 1.82) is 0 Å². The highest BCUT2D eigenvalue weighted by atomic mass is 16.5. The van der Waals surface area contributed by atoms with Crippen molar-refractivity contribution in [1.82, 2.24) is 14.7 Å². The highest BCUT2D eigenvalue weighted by Crippen LogP contribution is 2.35. The highest BCUT2D eigenvalue weighted by Gasteiger charge is 2.42. The molecule has 0 aromatic heterocycles. The van der Waals surface area contributed by atoms with Crippen LogP contribution in [0.25, 0.3) is 5.57 Å². The number of rotatable bonds is 7. The number of methoxy groups -OCH3 is 2. The SMILES string of the molecule is COc1ccc(CN2C(=O)C(c3ccccc3)=C(N(C)C3CCN(C)CC3)C2=O)cc1OC. The first-order valence-corrected chi connectivity index (χ1v) is 11.2. The zero-order chi connectivity index (χ0) is 23.5. The molecule has 0 atom stereocenters. The summed E-state index contributed by atoms with van der Waals surface area (Å²) in [7, 11) is 7.20. The third-order valence-electron chi connectivity index (χ3n) is 6.58. The Hall–Kier alpha value is -3.32. The first-order valence-electron chi connectivity index (χ1n) is 11.2. The van der Waals surface area contributed by atoms with Gasteiger partial charge in [0.05, 0.1) is 26.3 Å². The predicted octanol–water partition coefficient (Wildman–Crippen LogP) is 3.01. The van der Waals surface area contributed by atoms with Crippen LogP contribution in [0.3, 0.4) is 0 Å². The zero-order valence-electron chi connectivity index (χ0n) is 19.7. The van der Waals surface area contributed by atoms with E-state index in [0.29, 0.717) is 22.8 Å². The van der Waals surface area contributed by atoms with E-state index in [-0.39, 0.29) is 24.4 Å². The summed E-state index contributed by atoms with van der Waals surface area (Å²) in [4.78, 5) is 32.9. The minimum atomic E-state index is -0.268.